The molecule has 1 aromatic carbocycles. The van der Waals surface area contributed by atoms with Crippen LogP contribution in [0.25, 0.3) is 11.5 Å². The molecule has 0 aliphatic carbocycles. The predicted molar refractivity (Wildman–Crippen MR) is 79.7 cm³/mol. The van der Waals surface area contributed by atoms with E-state index in [-0.39, 0.29) is 6.04 Å². The molecule has 0 saturated carbocycles. The molecule has 6 heteroatoms. The van der Waals surface area contributed by atoms with Crippen LogP contribution in [0.15, 0.2) is 41.1 Å². The standard InChI is InChI=1S/C15H17N5O/c1-10(14-8-9-16-20(14)3)17-13-7-5-4-6-12(13)15-18-11(2)19-21-15/h4-10,17H,1-3H3. The summed E-state index contributed by atoms with van der Waals surface area (Å²) in [7, 11) is 1.93. The Balaban J connectivity index is 1.91. The van der Waals surface area contributed by atoms with Gasteiger partial charge in [-0.1, -0.05) is 17.3 Å². The van der Waals surface area contributed by atoms with Crippen molar-refractivity contribution in [2.24, 2.45) is 7.05 Å². The summed E-state index contributed by atoms with van der Waals surface area (Å²) in [4.78, 5) is 4.29. The fourth-order valence-corrected chi connectivity index (χ4v) is 2.32. The van der Waals surface area contributed by atoms with Gasteiger partial charge in [0, 0.05) is 18.9 Å². The molecule has 0 fully saturated rings. The Bertz CT molecular complexity index is 746. The van der Waals surface area contributed by atoms with Crippen molar-refractivity contribution in [2.45, 2.75) is 19.9 Å². The van der Waals surface area contributed by atoms with Gasteiger partial charge < -0.3 is 9.84 Å². The summed E-state index contributed by atoms with van der Waals surface area (Å²) in [6.07, 6.45) is 1.79. The largest absolute Gasteiger partial charge is 0.376 e. The maximum atomic E-state index is 5.27. The minimum Gasteiger partial charge on any atom is -0.376 e. The number of nitrogens with one attached hydrogen (secondary N) is 1. The third-order valence-electron chi connectivity index (χ3n) is 3.36. The van der Waals surface area contributed by atoms with E-state index in [1.54, 1.807) is 13.1 Å². The Hall–Kier alpha value is -2.63. The normalized spacial score (nSPS) is 12.3. The minimum atomic E-state index is 0.114. The number of hydrogen-bond acceptors (Lipinski definition) is 5. The van der Waals surface area contributed by atoms with Crippen molar-refractivity contribution in [1.82, 2.24) is 19.9 Å². The van der Waals surface area contributed by atoms with Crippen molar-refractivity contribution in [3.05, 3.63) is 48.0 Å². The molecule has 0 amide bonds. The van der Waals surface area contributed by atoms with E-state index in [9.17, 15) is 0 Å². The molecule has 3 aromatic rings. The lowest BCUT2D eigenvalue weighted by atomic mass is 10.1. The van der Waals surface area contributed by atoms with E-state index in [0.29, 0.717) is 11.7 Å². The first-order valence-electron chi connectivity index (χ1n) is 6.79. The summed E-state index contributed by atoms with van der Waals surface area (Å²) in [5.74, 6) is 1.15. The van der Waals surface area contributed by atoms with Gasteiger partial charge in [-0.3, -0.25) is 4.68 Å². The Kier molecular flexibility index (Phi) is 3.43. The van der Waals surface area contributed by atoms with Crippen LogP contribution in [0.4, 0.5) is 5.69 Å². The first-order chi connectivity index (χ1) is 10.1. The van der Waals surface area contributed by atoms with Crippen molar-refractivity contribution >= 4 is 5.69 Å². The maximum absolute atomic E-state index is 5.27. The van der Waals surface area contributed by atoms with E-state index in [2.05, 4.69) is 27.5 Å². The Morgan fingerprint density at radius 3 is 2.71 bits per heavy atom. The average molecular weight is 283 g/mol. The second kappa shape index (κ2) is 5.40. The van der Waals surface area contributed by atoms with Gasteiger partial charge in [0.15, 0.2) is 5.82 Å². The van der Waals surface area contributed by atoms with Gasteiger partial charge in [-0.05, 0) is 32.0 Å². The molecule has 0 saturated heterocycles. The number of nitrogens with zero attached hydrogens (tertiary/aromatic N) is 4. The zero-order valence-corrected chi connectivity index (χ0v) is 12.2. The van der Waals surface area contributed by atoms with Crippen LogP contribution in [0.2, 0.25) is 0 Å². The Morgan fingerprint density at radius 2 is 2.05 bits per heavy atom. The molecule has 1 unspecified atom stereocenters. The molecule has 0 aliphatic rings. The topological polar surface area (TPSA) is 68.8 Å². The number of anilines is 1. The quantitative estimate of drug-likeness (QED) is 0.797. The molecule has 0 radical (unpaired) electrons. The Labute approximate surface area is 122 Å². The number of hydrogen-bond donors (Lipinski definition) is 1. The molecule has 0 spiro atoms. The molecule has 108 valence electrons. The number of aromatic nitrogens is 4. The molecule has 6 nitrogen and oxygen atoms in total. The second-order valence-electron chi connectivity index (χ2n) is 4.94. The zero-order chi connectivity index (χ0) is 14.8. The number of aryl methyl sites for hydroxylation is 2. The minimum absolute atomic E-state index is 0.114. The van der Waals surface area contributed by atoms with Crippen molar-refractivity contribution in [3.63, 3.8) is 0 Å². The summed E-state index contributed by atoms with van der Waals surface area (Å²) in [5, 5.41) is 11.5. The van der Waals surface area contributed by atoms with Crippen molar-refractivity contribution in [1.29, 1.82) is 0 Å². The third kappa shape index (κ3) is 2.65. The Morgan fingerprint density at radius 1 is 1.24 bits per heavy atom. The summed E-state index contributed by atoms with van der Waals surface area (Å²) in [5.41, 5.74) is 2.95. The molecule has 0 bridgehead atoms. The summed E-state index contributed by atoms with van der Waals surface area (Å²) >= 11 is 0. The van der Waals surface area contributed by atoms with Gasteiger partial charge in [0.25, 0.3) is 5.89 Å². The predicted octanol–water partition coefficient (Wildman–Crippen LogP) is 2.95. The third-order valence-corrected chi connectivity index (χ3v) is 3.36. The first-order valence-corrected chi connectivity index (χ1v) is 6.79. The highest BCUT2D eigenvalue weighted by Gasteiger charge is 2.15. The fourth-order valence-electron chi connectivity index (χ4n) is 2.32. The van der Waals surface area contributed by atoms with E-state index in [1.807, 2.05) is 42.1 Å². The van der Waals surface area contributed by atoms with Crippen molar-refractivity contribution in [3.8, 4) is 11.5 Å². The summed E-state index contributed by atoms with van der Waals surface area (Å²) < 4.78 is 7.13. The molecule has 21 heavy (non-hydrogen) atoms. The van der Waals surface area contributed by atoms with Gasteiger partial charge in [-0.25, -0.2) is 0 Å². The smallest absolute Gasteiger partial charge is 0.260 e. The van der Waals surface area contributed by atoms with Crippen LogP contribution in [0.1, 0.15) is 24.5 Å². The van der Waals surface area contributed by atoms with Gasteiger partial charge in [-0.2, -0.15) is 10.1 Å². The van der Waals surface area contributed by atoms with E-state index in [0.717, 1.165) is 16.9 Å². The molecule has 0 aliphatic heterocycles. The zero-order valence-electron chi connectivity index (χ0n) is 12.2. The number of para-hydroxylation sites is 1. The van der Waals surface area contributed by atoms with Crippen LogP contribution in [0, 0.1) is 6.92 Å². The van der Waals surface area contributed by atoms with Crippen LogP contribution in [0.5, 0.6) is 0 Å². The maximum Gasteiger partial charge on any atom is 0.260 e. The highest BCUT2D eigenvalue weighted by molar-refractivity contribution is 5.72. The summed E-state index contributed by atoms with van der Waals surface area (Å²) in [6, 6.07) is 10.0. The molecule has 2 aromatic heterocycles. The lowest BCUT2D eigenvalue weighted by Crippen LogP contribution is -2.11. The molecule has 2 heterocycles. The monoisotopic (exact) mass is 283 g/mol. The fraction of sp³-hybridized carbons (Fsp3) is 0.267. The average Bonchev–Trinajstić information content (AvgIpc) is 3.08. The van der Waals surface area contributed by atoms with Crippen LogP contribution >= 0.6 is 0 Å². The van der Waals surface area contributed by atoms with Gasteiger partial charge >= 0.3 is 0 Å². The van der Waals surface area contributed by atoms with Crippen molar-refractivity contribution in [2.75, 3.05) is 5.32 Å². The molecular formula is C15H17N5O. The van der Waals surface area contributed by atoms with Crippen LogP contribution in [-0.4, -0.2) is 19.9 Å². The van der Waals surface area contributed by atoms with E-state index >= 15 is 0 Å². The van der Waals surface area contributed by atoms with Crippen LogP contribution < -0.4 is 5.32 Å². The highest BCUT2D eigenvalue weighted by atomic mass is 16.5. The van der Waals surface area contributed by atoms with Gasteiger partial charge in [0.05, 0.1) is 17.3 Å². The van der Waals surface area contributed by atoms with E-state index < -0.39 is 0 Å². The second-order valence-corrected chi connectivity index (χ2v) is 4.94. The number of rotatable bonds is 4. The molecule has 1 N–H and O–H groups in total. The molecule has 3 rings (SSSR count). The highest BCUT2D eigenvalue weighted by Crippen LogP contribution is 2.29. The van der Waals surface area contributed by atoms with Crippen molar-refractivity contribution < 1.29 is 4.52 Å². The summed E-state index contributed by atoms with van der Waals surface area (Å²) in [6.45, 7) is 3.90. The van der Waals surface area contributed by atoms with Gasteiger partial charge in [-0.15, -0.1) is 0 Å². The molecule has 1 atom stereocenters. The van der Waals surface area contributed by atoms with E-state index in [4.69, 9.17) is 4.52 Å². The lowest BCUT2D eigenvalue weighted by Gasteiger charge is -2.17. The van der Waals surface area contributed by atoms with E-state index in [1.165, 1.54) is 0 Å². The number of benzene rings is 1. The van der Waals surface area contributed by atoms with Gasteiger partial charge in [0.2, 0.25) is 0 Å². The van der Waals surface area contributed by atoms with Gasteiger partial charge in [0.1, 0.15) is 0 Å². The van der Waals surface area contributed by atoms with Crippen LogP contribution in [-0.2, 0) is 7.05 Å². The molecular weight excluding hydrogens is 266 g/mol. The van der Waals surface area contributed by atoms with Crippen LogP contribution in [0.3, 0.4) is 0 Å². The first kappa shape index (κ1) is 13.4. The lowest BCUT2D eigenvalue weighted by molar-refractivity contribution is 0.425. The SMILES string of the molecule is Cc1noc(-c2ccccc2NC(C)c2ccnn2C)n1.